The summed E-state index contributed by atoms with van der Waals surface area (Å²) in [5.74, 6) is 0. The van der Waals surface area contributed by atoms with Crippen LogP contribution in [-0.2, 0) is 20.6 Å². The third kappa shape index (κ3) is 1.87. The van der Waals surface area contributed by atoms with Gasteiger partial charge in [0.05, 0.1) is 14.1 Å². The Bertz CT molecular complexity index is 301. The van der Waals surface area contributed by atoms with Crippen LogP contribution in [0.2, 0.25) is 0 Å². The highest BCUT2D eigenvalue weighted by molar-refractivity contribution is 7.92. The summed E-state index contributed by atoms with van der Waals surface area (Å²) in [6.45, 7) is 0. The van der Waals surface area contributed by atoms with E-state index < -0.39 is 23.9 Å². The van der Waals surface area contributed by atoms with Gasteiger partial charge in [-0.3, -0.25) is 0 Å². The van der Waals surface area contributed by atoms with E-state index in [0.29, 0.717) is 14.1 Å². The first kappa shape index (κ1) is 10.8. The van der Waals surface area contributed by atoms with E-state index >= 15 is 0 Å². The Morgan fingerprint density at radius 1 is 0.909 bits per heavy atom. The largest absolute Gasteiger partial charge is 0.701 e. The molecule has 0 unspecified atom stereocenters. The zero-order valence-corrected chi connectivity index (χ0v) is 7.35. The quantitative estimate of drug-likeness (QED) is 0.379. The van der Waals surface area contributed by atoms with Crippen molar-refractivity contribution in [3.8, 4) is 0 Å². The fourth-order valence-electron chi connectivity index (χ4n) is 0.112. The maximum atomic E-state index is 10.1. The number of quaternary nitrogens is 1. The molecule has 11 heavy (non-hydrogen) atoms. The fourth-order valence-corrected chi connectivity index (χ4v) is 1.01. The fraction of sp³-hybridized carbons (Fsp3) is 1.00. The van der Waals surface area contributed by atoms with Gasteiger partial charge in [-0.2, -0.15) is 16.8 Å². The summed E-state index contributed by atoms with van der Waals surface area (Å²) in [4.78, 5) is 0. The summed E-state index contributed by atoms with van der Waals surface area (Å²) >= 11 is 0. The van der Waals surface area contributed by atoms with Crippen molar-refractivity contribution in [3.05, 3.63) is 0 Å². The molecule has 0 aliphatic rings. The van der Waals surface area contributed by atoms with E-state index in [-0.39, 0.29) is 0 Å². The van der Waals surface area contributed by atoms with Gasteiger partial charge in [0.25, 0.3) is 20.6 Å². The molecule has 68 valence electrons. The Kier molecular flexibility index (Phi) is 2.34. The summed E-state index contributed by atoms with van der Waals surface area (Å²) in [6.07, 6.45) is 0. The molecule has 0 N–H and O–H groups in total. The van der Waals surface area contributed by atoms with Crippen LogP contribution in [0.3, 0.4) is 0 Å². The first-order chi connectivity index (χ1) is 4.50. The molecule has 0 aliphatic heterocycles. The van der Waals surface area contributed by atoms with Crippen LogP contribution in [-0.4, -0.2) is 43.3 Å². The Labute approximate surface area is 64.6 Å². The van der Waals surface area contributed by atoms with Gasteiger partial charge >= 0.3 is 0 Å². The smallest absolute Gasteiger partial charge is 0.267 e. The van der Waals surface area contributed by atoms with E-state index in [1.54, 1.807) is 0 Å². The number of hydrogen-bond donors (Lipinski definition) is 0. The highest BCUT2D eigenvalue weighted by atomic mass is 32.3. The van der Waals surface area contributed by atoms with Crippen LogP contribution in [0.4, 0.5) is 0 Å². The second-order valence-corrected chi connectivity index (χ2v) is 5.88. The van der Waals surface area contributed by atoms with Crippen molar-refractivity contribution >= 4 is 20.6 Å². The molecule has 0 aliphatic carbocycles. The molecular weight excluding hydrogens is 198 g/mol. The minimum atomic E-state index is -5.17. The maximum Gasteiger partial charge on any atom is 0.267 e. The molecule has 0 saturated heterocycles. The molecule has 0 radical (unpaired) electrons. The van der Waals surface area contributed by atoms with Crippen LogP contribution in [0, 0.1) is 0 Å². The SMILES string of the molecule is C[N+](C)(S(=O)(=O)[O-])S(=O)(=O)[O-]. The molecule has 0 amide bonds. The van der Waals surface area contributed by atoms with E-state index in [2.05, 4.69) is 0 Å². The highest BCUT2D eigenvalue weighted by Crippen LogP contribution is 2.10. The van der Waals surface area contributed by atoms with Crippen molar-refractivity contribution in [2.45, 2.75) is 0 Å². The molecule has 0 bridgehead atoms. The van der Waals surface area contributed by atoms with E-state index in [4.69, 9.17) is 0 Å². The normalized spacial score (nSPS) is 14.9. The molecule has 0 aromatic heterocycles. The van der Waals surface area contributed by atoms with Crippen LogP contribution in [0.5, 0.6) is 0 Å². The van der Waals surface area contributed by atoms with Crippen molar-refractivity contribution in [3.63, 3.8) is 0 Å². The van der Waals surface area contributed by atoms with Crippen molar-refractivity contribution < 1.29 is 29.2 Å². The van der Waals surface area contributed by atoms with Crippen molar-refractivity contribution in [2.24, 2.45) is 0 Å². The number of hydrogen-bond acceptors (Lipinski definition) is 6. The van der Waals surface area contributed by atoms with Gasteiger partial charge in [0, 0.05) is 0 Å². The van der Waals surface area contributed by atoms with Gasteiger partial charge in [0.2, 0.25) is 0 Å². The molecule has 0 spiro atoms. The molecule has 0 rings (SSSR count). The lowest BCUT2D eigenvalue weighted by atomic mass is 11.3. The van der Waals surface area contributed by atoms with Gasteiger partial charge in [-0.05, 0) is 0 Å². The topological polar surface area (TPSA) is 114 Å². The van der Waals surface area contributed by atoms with Crippen LogP contribution >= 0.6 is 0 Å². The molecule has 0 heterocycles. The Morgan fingerprint density at radius 3 is 1.09 bits per heavy atom. The zero-order valence-electron chi connectivity index (χ0n) is 5.71. The van der Waals surface area contributed by atoms with Crippen LogP contribution in [0.1, 0.15) is 0 Å². The lowest BCUT2D eigenvalue weighted by Crippen LogP contribution is -2.49. The monoisotopic (exact) mass is 204 g/mol. The lowest BCUT2D eigenvalue weighted by molar-refractivity contribution is -0.633. The van der Waals surface area contributed by atoms with Gasteiger partial charge < -0.3 is 9.11 Å². The Balaban J connectivity index is 5.45. The van der Waals surface area contributed by atoms with Crippen LogP contribution < -0.4 is 0 Å². The molecular formula is C2H6NO6S2-. The summed E-state index contributed by atoms with van der Waals surface area (Å²) in [6, 6.07) is 0. The number of rotatable bonds is 2. The third-order valence-corrected chi connectivity index (χ3v) is 4.33. The van der Waals surface area contributed by atoms with Gasteiger partial charge in [-0.1, -0.05) is 0 Å². The second kappa shape index (κ2) is 2.38. The molecule has 0 fully saturated rings. The standard InChI is InChI=1S/C2H7NO6S2/c1-3(2,10(4,5)6)11(7,8)9/h1-2H3,(H-,4,5,6,7,8,9)/p-1. The van der Waals surface area contributed by atoms with E-state index in [1.807, 2.05) is 0 Å². The third-order valence-electron chi connectivity index (χ3n) is 1.08. The minimum absolute atomic E-state index is 0.491. The van der Waals surface area contributed by atoms with Crippen molar-refractivity contribution in [1.29, 1.82) is 0 Å². The second-order valence-electron chi connectivity index (χ2n) is 2.11. The van der Waals surface area contributed by atoms with Crippen LogP contribution in [0.15, 0.2) is 0 Å². The summed E-state index contributed by atoms with van der Waals surface area (Å²) < 4.78 is 58.7. The predicted molar refractivity (Wildman–Crippen MR) is 31.5 cm³/mol. The predicted octanol–water partition coefficient (Wildman–Crippen LogP) is -2.02. The first-order valence-corrected chi connectivity index (χ1v) is 4.99. The summed E-state index contributed by atoms with van der Waals surface area (Å²) in [5, 5.41) is 0. The average Bonchev–Trinajstić information content (AvgIpc) is 1.58. The lowest BCUT2D eigenvalue weighted by Gasteiger charge is -2.31. The Morgan fingerprint density at radius 2 is 1.09 bits per heavy atom. The minimum Gasteiger partial charge on any atom is -0.701 e. The molecule has 7 nitrogen and oxygen atoms in total. The summed E-state index contributed by atoms with van der Waals surface area (Å²) in [5.41, 5.74) is 0. The number of nitrogens with zero attached hydrogens (tertiary/aromatic N) is 1. The van der Waals surface area contributed by atoms with Gasteiger partial charge in [-0.15, -0.1) is 3.29 Å². The average molecular weight is 204 g/mol. The van der Waals surface area contributed by atoms with Crippen LogP contribution in [0.25, 0.3) is 0 Å². The molecule has 0 aromatic rings. The highest BCUT2D eigenvalue weighted by Gasteiger charge is 2.31. The first-order valence-electron chi connectivity index (χ1n) is 2.26. The van der Waals surface area contributed by atoms with E-state index in [1.165, 1.54) is 0 Å². The molecule has 0 saturated carbocycles. The van der Waals surface area contributed by atoms with Gasteiger partial charge in [0.1, 0.15) is 0 Å². The molecule has 9 heteroatoms. The summed E-state index contributed by atoms with van der Waals surface area (Å²) in [7, 11) is -9.36. The zero-order chi connectivity index (χ0) is 9.50. The van der Waals surface area contributed by atoms with Crippen molar-refractivity contribution in [1.82, 2.24) is 0 Å². The van der Waals surface area contributed by atoms with E-state index in [9.17, 15) is 25.9 Å². The molecule has 0 aromatic carbocycles. The molecule has 0 atom stereocenters. The Hall–Kier alpha value is -0.220. The van der Waals surface area contributed by atoms with E-state index in [0.717, 1.165) is 0 Å². The van der Waals surface area contributed by atoms with Gasteiger partial charge in [0.15, 0.2) is 0 Å². The maximum absolute atomic E-state index is 10.1. The van der Waals surface area contributed by atoms with Gasteiger partial charge in [-0.25, -0.2) is 0 Å². The van der Waals surface area contributed by atoms with Crippen molar-refractivity contribution in [2.75, 3.05) is 14.1 Å².